The Bertz CT molecular complexity index is 949. The molecule has 0 saturated heterocycles. The molecule has 26 heavy (non-hydrogen) atoms. The summed E-state index contributed by atoms with van der Waals surface area (Å²) in [5, 5.41) is -0.785. The number of benzene rings is 2. The molecule has 0 aliphatic rings. The molecule has 10 heteroatoms. The zero-order chi connectivity index (χ0) is 19.5. The first-order chi connectivity index (χ1) is 12.0. The van der Waals surface area contributed by atoms with E-state index < -0.39 is 29.9 Å². The summed E-state index contributed by atoms with van der Waals surface area (Å²) in [6.07, 6.45) is 2.14. The van der Waals surface area contributed by atoms with Gasteiger partial charge in [0, 0.05) is 23.6 Å². The van der Waals surface area contributed by atoms with Crippen LogP contribution in [0.3, 0.4) is 0 Å². The average Bonchev–Trinajstić information content (AvgIpc) is 2.58. The van der Waals surface area contributed by atoms with E-state index in [1.165, 1.54) is 48.5 Å². The molecule has 0 saturated carbocycles. The molecule has 2 aromatic carbocycles. The second kappa shape index (κ2) is 7.95. The van der Waals surface area contributed by atoms with Crippen LogP contribution in [0.1, 0.15) is 20.7 Å². The summed E-state index contributed by atoms with van der Waals surface area (Å²) >= 11 is 0. The molecule has 0 heterocycles. The number of rotatable bonds is 4. The lowest BCUT2D eigenvalue weighted by Crippen LogP contribution is -2.00. The van der Waals surface area contributed by atoms with Crippen LogP contribution in [-0.4, -0.2) is 39.6 Å². The summed E-state index contributed by atoms with van der Waals surface area (Å²) in [5.74, 6) is 0. The Morgan fingerprint density at radius 3 is 1.12 bits per heavy atom. The third-order valence-corrected chi connectivity index (χ3v) is 7.50. The quantitative estimate of drug-likeness (QED) is 0.682. The Kier molecular flexibility index (Phi) is 6.33. The molecule has 2 rings (SSSR count). The SMILES string of the molecule is CS(=O)(=O)c1ccc(C(=O)SSC(=O)c2ccc(S(C)(=O)=O)cc2)cc1. The molecule has 0 N–H and O–H groups in total. The lowest BCUT2D eigenvalue weighted by Gasteiger charge is -2.03. The maximum absolute atomic E-state index is 12.1. The van der Waals surface area contributed by atoms with Gasteiger partial charge < -0.3 is 0 Å². The zero-order valence-corrected chi connectivity index (χ0v) is 17.0. The highest BCUT2D eigenvalue weighted by atomic mass is 33.1. The highest BCUT2D eigenvalue weighted by molar-refractivity contribution is 8.87. The van der Waals surface area contributed by atoms with E-state index in [0.29, 0.717) is 21.6 Å². The van der Waals surface area contributed by atoms with Crippen molar-refractivity contribution in [2.24, 2.45) is 0 Å². The van der Waals surface area contributed by atoms with Gasteiger partial charge in [-0.3, -0.25) is 9.59 Å². The molecule has 6 nitrogen and oxygen atoms in total. The fourth-order valence-corrected chi connectivity index (χ4v) is 4.76. The summed E-state index contributed by atoms with van der Waals surface area (Å²) in [4.78, 5) is 24.4. The normalized spacial score (nSPS) is 11.9. The second-order valence-electron chi connectivity index (χ2n) is 5.33. The van der Waals surface area contributed by atoms with E-state index in [-0.39, 0.29) is 20.9 Å². The van der Waals surface area contributed by atoms with Gasteiger partial charge in [-0.1, -0.05) is 0 Å². The predicted molar refractivity (Wildman–Crippen MR) is 103 cm³/mol. The Hall–Kier alpha value is -1.62. The standard InChI is InChI=1S/C16H14O6S4/c1-25(19,20)13-7-3-11(4-8-13)15(17)23-24-16(18)12-5-9-14(10-6-12)26(2,21)22/h3-10H,1-2H3. The van der Waals surface area contributed by atoms with Crippen molar-refractivity contribution < 1.29 is 26.4 Å². The van der Waals surface area contributed by atoms with Crippen molar-refractivity contribution in [2.75, 3.05) is 12.5 Å². The van der Waals surface area contributed by atoms with Crippen LogP contribution in [0, 0.1) is 0 Å². The van der Waals surface area contributed by atoms with E-state index in [0.717, 1.165) is 12.5 Å². The molecular weight excluding hydrogens is 416 g/mol. The number of hydrogen-bond donors (Lipinski definition) is 0. The third-order valence-electron chi connectivity index (χ3n) is 3.23. The highest BCUT2D eigenvalue weighted by Gasteiger charge is 2.15. The van der Waals surface area contributed by atoms with Gasteiger partial charge in [-0.25, -0.2) is 16.8 Å². The summed E-state index contributed by atoms with van der Waals surface area (Å²) in [6.45, 7) is 0. The molecule has 2 aromatic rings. The van der Waals surface area contributed by atoms with Crippen molar-refractivity contribution >= 4 is 51.5 Å². The van der Waals surface area contributed by atoms with Crippen molar-refractivity contribution in [2.45, 2.75) is 9.79 Å². The van der Waals surface area contributed by atoms with Crippen LogP contribution in [0.25, 0.3) is 0 Å². The van der Waals surface area contributed by atoms with Crippen molar-refractivity contribution in [1.82, 2.24) is 0 Å². The predicted octanol–water partition coefficient (Wildman–Crippen LogP) is 2.86. The van der Waals surface area contributed by atoms with Crippen LogP contribution in [0.15, 0.2) is 58.3 Å². The third kappa shape index (κ3) is 5.44. The molecule has 0 atom stereocenters. The number of carbonyl (C=O) groups is 2. The van der Waals surface area contributed by atoms with Crippen molar-refractivity contribution in [3.63, 3.8) is 0 Å². The molecule has 138 valence electrons. The molecule has 0 radical (unpaired) electrons. The first kappa shape index (κ1) is 20.7. The van der Waals surface area contributed by atoms with Gasteiger partial charge in [0.05, 0.1) is 9.79 Å². The monoisotopic (exact) mass is 430 g/mol. The summed E-state index contributed by atoms with van der Waals surface area (Å²) in [6, 6.07) is 10.9. The van der Waals surface area contributed by atoms with Gasteiger partial charge in [0.15, 0.2) is 19.7 Å². The highest BCUT2D eigenvalue weighted by Crippen LogP contribution is 2.30. The van der Waals surface area contributed by atoms with Gasteiger partial charge in [0.1, 0.15) is 0 Å². The minimum absolute atomic E-state index is 0.105. The molecule has 0 fully saturated rings. The molecule has 0 bridgehead atoms. The fraction of sp³-hybridized carbons (Fsp3) is 0.125. The van der Waals surface area contributed by atoms with Gasteiger partial charge in [-0.05, 0) is 70.1 Å². The Morgan fingerprint density at radius 2 is 0.885 bits per heavy atom. The molecule has 0 aliphatic carbocycles. The largest absolute Gasteiger partial charge is 0.281 e. The molecule has 0 aliphatic heterocycles. The van der Waals surface area contributed by atoms with Gasteiger partial charge in [0.2, 0.25) is 10.2 Å². The Balaban J connectivity index is 2.01. The minimum Gasteiger partial charge on any atom is -0.281 e. The van der Waals surface area contributed by atoms with E-state index in [9.17, 15) is 26.4 Å². The summed E-state index contributed by atoms with van der Waals surface area (Å²) in [5.41, 5.74) is 0.547. The zero-order valence-electron chi connectivity index (χ0n) is 13.7. The molecule has 0 amide bonds. The van der Waals surface area contributed by atoms with Gasteiger partial charge in [0.25, 0.3) is 0 Å². The van der Waals surface area contributed by atoms with E-state index in [1.54, 1.807) is 0 Å². The summed E-state index contributed by atoms with van der Waals surface area (Å²) in [7, 11) is -5.25. The minimum atomic E-state index is -3.34. The lowest BCUT2D eigenvalue weighted by molar-refractivity contribution is 0.107. The van der Waals surface area contributed by atoms with Gasteiger partial charge >= 0.3 is 0 Å². The van der Waals surface area contributed by atoms with Crippen LogP contribution in [0.2, 0.25) is 0 Å². The first-order valence-corrected chi connectivity index (χ1v) is 12.9. The van der Waals surface area contributed by atoms with Crippen LogP contribution in [0.4, 0.5) is 0 Å². The van der Waals surface area contributed by atoms with Crippen LogP contribution in [-0.2, 0) is 19.7 Å². The molecular formula is C16H14O6S4. The molecule has 0 aromatic heterocycles. The number of sulfone groups is 2. The Morgan fingerprint density at radius 1 is 0.615 bits per heavy atom. The fourth-order valence-electron chi connectivity index (χ4n) is 1.85. The lowest BCUT2D eigenvalue weighted by atomic mass is 10.2. The van der Waals surface area contributed by atoms with Crippen LogP contribution in [0.5, 0.6) is 0 Å². The van der Waals surface area contributed by atoms with Gasteiger partial charge in [-0.2, -0.15) is 0 Å². The topological polar surface area (TPSA) is 102 Å². The maximum atomic E-state index is 12.1. The number of hydrogen-bond acceptors (Lipinski definition) is 8. The van der Waals surface area contributed by atoms with E-state index in [1.807, 2.05) is 0 Å². The summed E-state index contributed by atoms with van der Waals surface area (Å²) < 4.78 is 45.6. The molecule has 0 unspecified atom stereocenters. The Labute approximate surface area is 159 Å². The molecule has 0 spiro atoms. The van der Waals surface area contributed by atoms with Crippen LogP contribution < -0.4 is 0 Å². The smallest absolute Gasteiger partial charge is 0.230 e. The van der Waals surface area contributed by atoms with Crippen molar-refractivity contribution in [1.29, 1.82) is 0 Å². The maximum Gasteiger partial charge on any atom is 0.230 e. The van der Waals surface area contributed by atoms with E-state index in [2.05, 4.69) is 0 Å². The second-order valence-corrected chi connectivity index (χ2v) is 11.4. The van der Waals surface area contributed by atoms with Crippen LogP contribution >= 0.6 is 21.6 Å². The number of carbonyl (C=O) groups excluding carboxylic acids is 2. The van der Waals surface area contributed by atoms with E-state index in [4.69, 9.17) is 0 Å². The van der Waals surface area contributed by atoms with Gasteiger partial charge in [-0.15, -0.1) is 0 Å². The average molecular weight is 431 g/mol. The first-order valence-electron chi connectivity index (χ1n) is 7.02. The van der Waals surface area contributed by atoms with Crippen molar-refractivity contribution in [3.8, 4) is 0 Å². The van der Waals surface area contributed by atoms with Crippen molar-refractivity contribution in [3.05, 3.63) is 59.7 Å². The van der Waals surface area contributed by atoms with E-state index >= 15 is 0 Å².